The summed E-state index contributed by atoms with van der Waals surface area (Å²) >= 11 is 0. The molecule has 1 aromatic carbocycles. The predicted molar refractivity (Wildman–Crippen MR) is 91.0 cm³/mol. The number of nitrogens with zero attached hydrogens (tertiary/aromatic N) is 1. The van der Waals surface area contributed by atoms with Crippen LogP contribution >= 0.6 is 0 Å². The Morgan fingerprint density at radius 1 is 1.05 bits per heavy atom. The third-order valence-corrected chi connectivity index (χ3v) is 6.54. The summed E-state index contributed by atoms with van der Waals surface area (Å²) in [5.41, 5.74) is 1.21. The van der Waals surface area contributed by atoms with Crippen LogP contribution in [0.25, 0.3) is 0 Å². The zero-order chi connectivity index (χ0) is 16.1. The van der Waals surface area contributed by atoms with Crippen molar-refractivity contribution in [3.8, 4) is 0 Å². The summed E-state index contributed by atoms with van der Waals surface area (Å²) in [5, 5.41) is 0. The van der Waals surface area contributed by atoms with Crippen molar-refractivity contribution in [3.05, 3.63) is 35.9 Å². The molecule has 0 spiro atoms. The van der Waals surface area contributed by atoms with Gasteiger partial charge in [0, 0.05) is 25.0 Å². The molecule has 0 unspecified atom stereocenters. The van der Waals surface area contributed by atoms with E-state index in [1.165, 1.54) is 29.1 Å². The minimum Gasteiger partial charge on any atom is -0.201 e. The molecule has 1 fully saturated rings. The van der Waals surface area contributed by atoms with Crippen LogP contribution in [0.4, 0.5) is 0 Å². The molecule has 1 saturated carbocycles. The molecule has 1 aliphatic rings. The molecular formula is C17H28N2O2S. The van der Waals surface area contributed by atoms with E-state index in [4.69, 9.17) is 0 Å². The van der Waals surface area contributed by atoms with E-state index in [2.05, 4.69) is 16.9 Å². The van der Waals surface area contributed by atoms with Crippen molar-refractivity contribution in [1.29, 1.82) is 0 Å². The highest BCUT2D eigenvalue weighted by Gasteiger charge is 2.35. The molecular weight excluding hydrogens is 296 g/mol. The van der Waals surface area contributed by atoms with E-state index in [0.29, 0.717) is 19.6 Å². The monoisotopic (exact) mass is 324 g/mol. The van der Waals surface area contributed by atoms with E-state index in [1.54, 1.807) is 0 Å². The Hall–Kier alpha value is -0.910. The maximum absolute atomic E-state index is 12.4. The Balaban J connectivity index is 2.18. The van der Waals surface area contributed by atoms with Crippen molar-refractivity contribution in [2.75, 3.05) is 19.6 Å². The maximum atomic E-state index is 12.4. The smallest absolute Gasteiger partial charge is 0.201 e. The van der Waals surface area contributed by atoms with Gasteiger partial charge in [-0.3, -0.25) is 0 Å². The van der Waals surface area contributed by atoms with Gasteiger partial charge in [-0.2, -0.15) is 12.7 Å². The minimum absolute atomic E-state index is 0.0558. The molecule has 124 valence electrons. The van der Waals surface area contributed by atoms with Crippen LogP contribution in [0.15, 0.2) is 30.3 Å². The minimum atomic E-state index is -3.38. The zero-order valence-corrected chi connectivity index (χ0v) is 14.5. The van der Waals surface area contributed by atoms with Crippen LogP contribution in [0.2, 0.25) is 0 Å². The summed E-state index contributed by atoms with van der Waals surface area (Å²) in [5.74, 6) is 0. The van der Waals surface area contributed by atoms with Gasteiger partial charge in [0.2, 0.25) is 0 Å². The number of rotatable bonds is 7. The molecule has 1 aromatic rings. The number of hydrogen-bond acceptors (Lipinski definition) is 2. The van der Waals surface area contributed by atoms with E-state index >= 15 is 0 Å². The van der Waals surface area contributed by atoms with Crippen molar-refractivity contribution >= 4 is 10.2 Å². The summed E-state index contributed by atoms with van der Waals surface area (Å²) in [7, 11) is -3.38. The third-order valence-electron chi connectivity index (χ3n) is 4.84. The average molecular weight is 324 g/mol. The van der Waals surface area contributed by atoms with Gasteiger partial charge in [0.1, 0.15) is 0 Å². The highest BCUT2D eigenvalue weighted by Crippen LogP contribution is 2.39. The maximum Gasteiger partial charge on any atom is 0.279 e. The van der Waals surface area contributed by atoms with Crippen LogP contribution in [0.5, 0.6) is 0 Å². The number of nitrogens with one attached hydrogen (secondary N) is 1. The van der Waals surface area contributed by atoms with Crippen molar-refractivity contribution < 1.29 is 8.42 Å². The van der Waals surface area contributed by atoms with Crippen LogP contribution < -0.4 is 4.72 Å². The molecule has 0 aromatic heterocycles. The fourth-order valence-electron chi connectivity index (χ4n) is 3.47. The van der Waals surface area contributed by atoms with Crippen LogP contribution in [0, 0.1) is 0 Å². The molecule has 0 amide bonds. The van der Waals surface area contributed by atoms with Crippen LogP contribution in [-0.2, 0) is 15.6 Å². The van der Waals surface area contributed by atoms with Crippen molar-refractivity contribution in [1.82, 2.24) is 9.03 Å². The fourth-order valence-corrected chi connectivity index (χ4v) is 4.79. The lowest BCUT2D eigenvalue weighted by atomic mass is 9.69. The summed E-state index contributed by atoms with van der Waals surface area (Å²) in [6.07, 6.45) is 5.69. The number of hydrogen-bond donors (Lipinski definition) is 1. The van der Waals surface area contributed by atoms with Crippen LogP contribution in [0.3, 0.4) is 0 Å². The van der Waals surface area contributed by atoms with E-state index in [9.17, 15) is 8.42 Å². The van der Waals surface area contributed by atoms with E-state index in [1.807, 2.05) is 32.0 Å². The molecule has 0 heterocycles. The lowest BCUT2D eigenvalue weighted by Crippen LogP contribution is -2.47. The lowest BCUT2D eigenvalue weighted by Gasteiger charge is -2.38. The Kier molecular flexibility index (Phi) is 6.01. The molecule has 1 N–H and O–H groups in total. The quantitative estimate of drug-likeness (QED) is 0.838. The standard InChI is InChI=1S/C17H28N2O2S/c1-3-19(4-2)22(20,21)18-15-17(13-9-6-10-14-17)16-11-7-5-8-12-16/h5,7-8,11-12,18H,3-4,6,9-10,13-15H2,1-2H3. The van der Waals surface area contributed by atoms with E-state index in [-0.39, 0.29) is 5.41 Å². The highest BCUT2D eigenvalue weighted by molar-refractivity contribution is 7.87. The van der Waals surface area contributed by atoms with Crippen molar-refractivity contribution in [3.63, 3.8) is 0 Å². The molecule has 22 heavy (non-hydrogen) atoms. The van der Waals surface area contributed by atoms with Gasteiger partial charge in [0.05, 0.1) is 0 Å². The van der Waals surface area contributed by atoms with Gasteiger partial charge in [0.25, 0.3) is 10.2 Å². The summed E-state index contributed by atoms with van der Waals surface area (Å²) in [6.45, 7) is 5.25. The summed E-state index contributed by atoms with van der Waals surface area (Å²) in [4.78, 5) is 0. The van der Waals surface area contributed by atoms with E-state index in [0.717, 1.165) is 12.8 Å². The van der Waals surface area contributed by atoms with Gasteiger partial charge in [0.15, 0.2) is 0 Å². The Morgan fingerprint density at radius 2 is 1.64 bits per heavy atom. The van der Waals surface area contributed by atoms with E-state index < -0.39 is 10.2 Å². The Morgan fingerprint density at radius 3 is 2.18 bits per heavy atom. The first-order valence-electron chi connectivity index (χ1n) is 8.34. The van der Waals surface area contributed by atoms with Crippen LogP contribution in [-0.4, -0.2) is 32.4 Å². The molecule has 0 bridgehead atoms. The molecule has 2 rings (SSSR count). The second-order valence-corrected chi connectivity index (χ2v) is 7.87. The van der Waals surface area contributed by atoms with Gasteiger partial charge < -0.3 is 0 Å². The highest BCUT2D eigenvalue weighted by atomic mass is 32.2. The third kappa shape index (κ3) is 3.89. The first kappa shape index (κ1) is 17.4. The van der Waals surface area contributed by atoms with Gasteiger partial charge in [-0.25, -0.2) is 4.72 Å². The lowest BCUT2D eigenvalue weighted by molar-refractivity contribution is 0.290. The molecule has 0 aliphatic heterocycles. The molecule has 0 atom stereocenters. The molecule has 5 heteroatoms. The van der Waals surface area contributed by atoms with Crippen molar-refractivity contribution in [2.45, 2.75) is 51.4 Å². The molecule has 1 aliphatic carbocycles. The first-order chi connectivity index (χ1) is 10.5. The van der Waals surface area contributed by atoms with Crippen molar-refractivity contribution in [2.24, 2.45) is 0 Å². The SMILES string of the molecule is CCN(CC)S(=O)(=O)NCC1(c2ccccc2)CCCCC1. The first-order valence-corrected chi connectivity index (χ1v) is 9.78. The Labute approximate surface area is 135 Å². The molecule has 0 saturated heterocycles. The van der Waals surface area contributed by atoms with Crippen LogP contribution in [0.1, 0.15) is 51.5 Å². The average Bonchev–Trinajstić information content (AvgIpc) is 2.56. The van der Waals surface area contributed by atoms with Gasteiger partial charge in [-0.15, -0.1) is 0 Å². The topological polar surface area (TPSA) is 49.4 Å². The predicted octanol–water partition coefficient (Wildman–Crippen LogP) is 3.06. The second-order valence-electron chi connectivity index (χ2n) is 6.12. The normalized spacial score (nSPS) is 18.5. The Bertz CT molecular complexity index is 547. The second kappa shape index (κ2) is 7.57. The number of benzene rings is 1. The molecule has 0 radical (unpaired) electrons. The molecule has 4 nitrogen and oxygen atoms in total. The zero-order valence-electron chi connectivity index (χ0n) is 13.7. The summed E-state index contributed by atoms with van der Waals surface area (Å²) < 4.78 is 29.2. The van der Waals surface area contributed by atoms with Gasteiger partial charge in [-0.1, -0.05) is 63.4 Å². The fraction of sp³-hybridized carbons (Fsp3) is 0.647. The largest absolute Gasteiger partial charge is 0.279 e. The van der Waals surface area contributed by atoms with Gasteiger partial charge >= 0.3 is 0 Å². The summed E-state index contributed by atoms with van der Waals surface area (Å²) in [6, 6.07) is 10.4. The van der Waals surface area contributed by atoms with Gasteiger partial charge in [-0.05, 0) is 18.4 Å².